The van der Waals surface area contributed by atoms with Crippen LogP contribution in [0.3, 0.4) is 0 Å². The lowest BCUT2D eigenvalue weighted by molar-refractivity contribution is -0.0762. The van der Waals surface area contributed by atoms with E-state index in [1.54, 1.807) is 18.3 Å². The van der Waals surface area contributed by atoms with Gasteiger partial charge in [-0.15, -0.1) is 0 Å². The van der Waals surface area contributed by atoms with Crippen LogP contribution in [-0.4, -0.2) is 53.2 Å². The average Bonchev–Trinajstić information content (AvgIpc) is 2.47. The van der Waals surface area contributed by atoms with Crippen molar-refractivity contribution in [3.05, 3.63) is 40.1 Å². The molecule has 0 radical (unpaired) electrons. The smallest absolute Gasteiger partial charge is 0.287 e. The highest BCUT2D eigenvalue weighted by atomic mass is 16.7. The van der Waals surface area contributed by atoms with Crippen molar-refractivity contribution in [3.63, 3.8) is 0 Å². The Hall–Kier alpha value is -2.70. The lowest BCUT2D eigenvalue weighted by atomic mass is 10.3. The average molecular weight is 275 g/mol. The summed E-state index contributed by atoms with van der Waals surface area (Å²) >= 11 is 0. The van der Waals surface area contributed by atoms with Crippen LogP contribution in [0.25, 0.3) is 5.70 Å². The zero-order chi connectivity index (χ0) is 14.7. The summed E-state index contributed by atoms with van der Waals surface area (Å²) in [4.78, 5) is 28.4. The van der Waals surface area contributed by atoms with Gasteiger partial charge in [0.1, 0.15) is 5.70 Å². The molecule has 8 heteroatoms. The Bertz CT molecular complexity index is 685. The van der Waals surface area contributed by atoms with E-state index in [1.807, 2.05) is 0 Å². The first kappa shape index (κ1) is 13.7. The first-order chi connectivity index (χ1) is 9.52. The zero-order valence-corrected chi connectivity index (χ0v) is 11.3. The molecule has 2 rings (SSSR count). The maximum absolute atomic E-state index is 11.9. The number of carbonyl (C=O) groups is 1. The fraction of sp³-hybridized carbons (Fsp3) is 0.250. The number of hydroxylamine groups is 2. The monoisotopic (exact) mass is 275 g/mol. The first-order valence-corrected chi connectivity index (χ1v) is 5.69. The summed E-state index contributed by atoms with van der Waals surface area (Å²) in [7, 11) is 4.48. The van der Waals surface area contributed by atoms with Crippen LogP contribution in [0.2, 0.25) is 0 Å². The minimum Gasteiger partial charge on any atom is -0.287 e. The number of hydrazone groups is 1. The van der Waals surface area contributed by atoms with Crippen LogP contribution in [0, 0.1) is 0 Å². The van der Waals surface area contributed by atoms with Crippen molar-refractivity contribution in [1.82, 2.24) is 19.9 Å². The van der Waals surface area contributed by atoms with E-state index in [-0.39, 0.29) is 5.69 Å². The molecule has 1 aromatic rings. The molecule has 0 unspecified atom stereocenters. The van der Waals surface area contributed by atoms with Crippen molar-refractivity contribution in [2.24, 2.45) is 5.10 Å². The Morgan fingerprint density at radius 2 is 2.25 bits per heavy atom. The van der Waals surface area contributed by atoms with Gasteiger partial charge in [0.2, 0.25) is 5.43 Å². The Morgan fingerprint density at radius 3 is 2.85 bits per heavy atom. The molecular weight excluding hydrogens is 262 g/mol. The van der Waals surface area contributed by atoms with Crippen molar-refractivity contribution >= 4 is 17.8 Å². The SMILES string of the molecule is CON(C)C(=O)c1nn(C2=C=CN(C)N=C2)ccc1=O. The molecule has 1 aromatic heterocycles. The van der Waals surface area contributed by atoms with Gasteiger partial charge in [-0.3, -0.25) is 19.4 Å². The van der Waals surface area contributed by atoms with Gasteiger partial charge in [0.25, 0.3) is 0 Å². The Balaban J connectivity index is 2.45. The highest BCUT2D eigenvalue weighted by Crippen LogP contribution is 2.03. The minimum absolute atomic E-state index is 0.238. The van der Waals surface area contributed by atoms with Crippen molar-refractivity contribution in [1.29, 1.82) is 0 Å². The van der Waals surface area contributed by atoms with Gasteiger partial charge in [0, 0.05) is 26.4 Å². The maximum atomic E-state index is 11.9. The molecule has 104 valence electrons. The minimum atomic E-state index is -0.624. The first-order valence-electron chi connectivity index (χ1n) is 5.69. The third-order valence-corrected chi connectivity index (χ3v) is 2.58. The Morgan fingerprint density at radius 1 is 1.50 bits per heavy atom. The summed E-state index contributed by atoms with van der Waals surface area (Å²) in [5.41, 5.74) is 2.72. The van der Waals surface area contributed by atoms with Gasteiger partial charge in [-0.25, -0.2) is 9.75 Å². The van der Waals surface area contributed by atoms with E-state index in [0.29, 0.717) is 5.70 Å². The zero-order valence-electron chi connectivity index (χ0n) is 11.3. The summed E-state index contributed by atoms with van der Waals surface area (Å²) < 4.78 is 1.35. The molecule has 0 aliphatic carbocycles. The largest absolute Gasteiger partial charge is 0.301 e. The van der Waals surface area contributed by atoms with E-state index in [1.165, 1.54) is 37.3 Å². The van der Waals surface area contributed by atoms with Gasteiger partial charge in [-0.05, 0) is 0 Å². The number of hydrogen-bond donors (Lipinski definition) is 0. The van der Waals surface area contributed by atoms with Gasteiger partial charge in [0.05, 0.1) is 19.5 Å². The van der Waals surface area contributed by atoms with E-state index in [0.717, 1.165) is 5.06 Å². The fourth-order valence-electron chi connectivity index (χ4n) is 1.42. The molecule has 0 atom stereocenters. The molecule has 8 nitrogen and oxygen atoms in total. The summed E-state index contributed by atoms with van der Waals surface area (Å²) in [5, 5.41) is 10.5. The molecule has 0 spiro atoms. The Kier molecular flexibility index (Phi) is 3.79. The van der Waals surface area contributed by atoms with Crippen LogP contribution in [0.5, 0.6) is 0 Å². The molecule has 0 N–H and O–H groups in total. The molecule has 2 heterocycles. The molecule has 20 heavy (non-hydrogen) atoms. The molecular formula is C12H13N5O3. The number of carbonyl (C=O) groups excluding carboxylic acids is 1. The summed E-state index contributed by atoms with van der Waals surface area (Å²) in [6, 6.07) is 1.25. The third kappa shape index (κ3) is 2.66. The van der Waals surface area contributed by atoms with Gasteiger partial charge >= 0.3 is 5.91 Å². The van der Waals surface area contributed by atoms with E-state index >= 15 is 0 Å². The molecule has 1 aliphatic rings. The quantitative estimate of drug-likeness (QED) is 0.562. The third-order valence-electron chi connectivity index (χ3n) is 2.58. The van der Waals surface area contributed by atoms with Gasteiger partial charge < -0.3 is 0 Å². The van der Waals surface area contributed by atoms with E-state index in [2.05, 4.69) is 15.9 Å². The number of allylic oxidation sites excluding steroid dienone is 1. The molecule has 0 fully saturated rings. The molecule has 0 aromatic carbocycles. The fourth-order valence-corrected chi connectivity index (χ4v) is 1.42. The van der Waals surface area contributed by atoms with Gasteiger partial charge in [-0.1, -0.05) is 5.73 Å². The predicted octanol–water partition coefficient (Wildman–Crippen LogP) is -0.239. The lowest BCUT2D eigenvalue weighted by Gasteiger charge is -2.14. The lowest BCUT2D eigenvalue weighted by Crippen LogP contribution is -2.32. The number of rotatable bonds is 3. The molecule has 0 saturated carbocycles. The number of hydrogen-bond acceptors (Lipinski definition) is 6. The van der Waals surface area contributed by atoms with Crippen LogP contribution >= 0.6 is 0 Å². The number of aromatic nitrogens is 2. The summed E-state index contributed by atoms with van der Waals surface area (Å²) in [6.07, 6.45) is 4.57. The van der Waals surface area contributed by atoms with Crippen LogP contribution in [0.1, 0.15) is 10.5 Å². The summed E-state index contributed by atoms with van der Waals surface area (Å²) in [5.74, 6) is -0.624. The second kappa shape index (κ2) is 5.52. The van der Waals surface area contributed by atoms with E-state index in [4.69, 9.17) is 4.84 Å². The second-order valence-electron chi connectivity index (χ2n) is 3.94. The standard InChI is InChI=1S/C12H13N5O3/c1-15-6-4-9(8-13-15)17-7-5-10(18)11(14-17)12(19)16(2)20-3/h5-8H,1-3H3. The van der Waals surface area contributed by atoms with Gasteiger partial charge in [-0.2, -0.15) is 10.2 Å². The molecule has 1 amide bonds. The highest BCUT2D eigenvalue weighted by molar-refractivity contribution is 6.02. The van der Waals surface area contributed by atoms with Crippen LogP contribution in [-0.2, 0) is 4.84 Å². The molecule has 1 aliphatic heterocycles. The van der Waals surface area contributed by atoms with E-state index < -0.39 is 11.3 Å². The predicted molar refractivity (Wildman–Crippen MR) is 71.6 cm³/mol. The van der Waals surface area contributed by atoms with Crippen molar-refractivity contribution < 1.29 is 9.63 Å². The van der Waals surface area contributed by atoms with Crippen molar-refractivity contribution in [3.8, 4) is 0 Å². The van der Waals surface area contributed by atoms with Crippen molar-refractivity contribution in [2.45, 2.75) is 0 Å². The van der Waals surface area contributed by atoms with E-state index in [9.17, 15) is 9.59 Å². The highest BCUT2D eigenvalue weighted by Gasteiger charge is 2.18. The van der Waals surface area contributed by atoms with Crippen LogP contribution in [0.15, 0.2) is 34.1 Å². The topological polar surface area (TPSA) is 80.0 Å². The molecule has 0 bridgehead atoms. The Labute approximate surface area is 114 Å². The van der Waals surface area contributed by atoms with Crippen molar-refractivity contribution in [2.75, 3.05) is 21.2 Å². The van der Waals surface area contributed by atoms with Crippen LogP contribution in [0.4, 0.5) is 0 Å². The molecule has 0 saturated heterocycles. The number of nitrogens with zero attached hydrogens (tertiary/aromatic N) is 5. The maximum Gasteiger partial charge on any atom is 0.301 e. The van der Waals surface area contributed by atoms with Crippen LogP contribution < -0.4 is 5.43 Å². The number of amides is 1. The van der Waals surface area contributed by atoms with Gasteiger partial charge in [0.15, 0.2) is 5.69 Å². The summed E-state index contributed by atoms with van der Waals surface area (Å²) in [6.45, 7) is 0. The second-order valence-corrected chi connectivity index (χ2v) is 3.94. The normalized spacial score (nSPS) is 13.3.